The van der Waals surface area contributed by atoms with Crippen molar-refractivity contribution >= 4 is 69.4 Å². The molecule has 3 heterocycles. The molecular formula is C27H21Cl4FN4O. The van der Waals surface area contributed by atoms with Gasteiger partial charge in [-0.2, -0.15) is 0 Å². The van der Waals surface area contributed by atoms with E-state index in [1.807, 2.05) is 18.2 Å². The zero-order valence-electron chi connectivity index (χ0n) is 19.4. The number of rotatable bonds is 5. The van der Waals surface area contributed by atoms with E-state index in [2.05, 4.69) is 15.2 Å². The van der Waals surface area contributed by atoms with Crippen LogP contribution in [0.5, 0.6) is 0 Å². The Morgan fingerprint density at radius 1 is 1.05 bits per heavy atom. The molecule has 0 fully saturated rings. The van der Waals surface area contributed by atoms with E-state index in [0.29, 0.717) is 46.8 Å². The molecule has 2 aromatic carbocycles. The number of carbonyl (C=O) groups excluding carboxylic acids is 1. The van der Waals surface area contributed by atoms with Crippen LogP contribution in [0, 0.1) is 5.82 Å². The first-order chi connectivity index (χ1) is 17.8. The number of pyridine rings is 1. The quantitative estimate of drug-likeness (QED) is 0.248. The number of amides is 1. The van der Waals surface area contributed by atoms with Crippen molar-refractivity contribution in [1.82, 2.24) is 19.8 Å². The SMILES string of the molecule is O=C(NCc1ccnc(Cl)c1)n1c2c(c3cc(Cl)c(Cl)cc31)CN(CC=Cc1ccc(Cl)c(F)c1)CC2. The van der Waals surface area contributed by atoms with Crippen molar-refractivity contribution in [3.8, 4) is 0 Å². The largest absolute Gasteiger partial charge is 0.333 e. The third-order valence-corrected chi connectivity index (χ3v) is 7.56. The number of halogens is 5. The van der Waals surface area contributed by atoms with Crippen LogP contribution >= 0.6 is 46.4 Å². The molecule has 2 aromatic heterocycles. The van der Waals surface area contributed by atoms with Gasteiger partial charge in [0.25, 0.3) is 0 Å². The summed E-state index contributed by atoms with van der Waals surface area (Å²) >= 11 is 24.4. The van der Waals surface area contributed by atoms with Crippen molar-refractivity contribution in [2.24, 2.45) is 0 Å². The van der Waals surface area contributed by atoms with Gasteiger partial charge in [-0.25, -0.2) is 14.2 Å². The fourth-order valence-corrected chi connectivity index (χ4v) is 5.19. The summed E-state index contributed by atoms with van der Waals surface area (Å²) in [7, 11) is 0. The highest BCUT2D eigenvalue weighted by Crippen LogP contribution is 2.36. The summed E-state index contributed by atoms with van der Waals surface area (Å²) in [5.41, 5.74) is 4.26. The minimum atomic E-state index is -0.444. The van der Waals surface area contributed by atoms with Crippen molar-refractivity contribution < 1.29 is 9.18 Å². The van der Waals surface area contributed by atoms with E-state index in [0.717, 1.165) is 34.3 Å². The summed E-state index contributed by atoms with van der Waals surface area (Å²) < 4.78 is 15.4. The summed E-state index contributed by atoms with van der Waals surface area (Å²) in [5, 5.41) is 5.15. The number of benzene rings is 2. The predicted molar refractivity (Wildman–Crippen MR) is 148 cm³/mol. The zero-order chi connectivity index (χ0) is 26.1. The topological polar surface area (TPSA) is 50.2 Å². The zero-order valence-corrected chi connectivity index (χ0v) is 22.5. The molecule has 0 saturated carbocycles. The van der Waals surface area contributed by atoms with Gasteiger partial charge in [0.15, 0.2) is 0 Å². The van der Waals surface area contributed by atoms with Gasteiger partial charge in [-0.3, -0.25) is 9.47 Å². The Morgan fingerprint density at radius 2 is 1.86 bits per heavy atom. The second-order valence-electron chi connectivity index (χ2n) is 8.75. The first-order valence-electron chi connectivity index (χ1n) is 11.5. The maximum absolute atomic E-state index is 13.7. The van der Waals surface area contributed by atoms with Crippen LogP contribution in [0.3, 0.4) is 0 Å². The van der Waals surface area contributed by atoms with Crippen LogP contribution in [-0.4, -0.2) is 33.6 Å². The molecule has 4 aromatic rings. The first-order valence-corrected chi connectivity index (χ1v) is 13.0. The smallest absolute Gasteiger partial charge is 0.326 e. The average molecular weight is 578 g/mol. The number of nitrogens with zero attached hydrogens (tertiary/aromatic N) is 3. The summed E-state index contributed by atoms with van der Waals surface area (Å²) in [6.45, 7) is 2.34. The van der Waals surface area contributed by atoms with E-state index < -0.39 is 5.82 Å². The molecule has 5 rings (SSSR count). The van der Waals surface area contributed by atoms with Crippen molar-refractivity contribution in [3.63, 3.8) is 0 Å². The highest BCUT2D eigenvalue weighted by Gasteiger charge is 2.27. The highest BCUT2D eigenvalue weighted by atomic mass is 35.5. The van der Waals surface area contributed by atoms with Crippen molar-refractivity contribution in [2.45, 2.75) is 19.5 Å². The number of aromatic nitrogens is 2. The van der Waals surface area contributed by atoms with E-state index in [-0.39, 0.29) is 11.1 Å². The average Bonchev–Trinajstić information content (AvgIpc) is 3.17. The minimum Gasteiger partial charge on any atom is -0.333 e. The fraction of sp³-hybridized carbons (Fsp3) is 0.185. The Hall–Kier alpha value is -2.61. The van der Waals surface area contributed by atoms with Crippen LogP contribution in [0.2, 0.25) is 20.2 Å². The van der Waals surface area contributed by atoms with Crippen LogP contribution in [0.1, 0.15) is 22.4 Å². The molecule has 1 amide bonds. The molecule has 1 aliphatic heterocycles. The maximum atomic E-state index is 13.7. The Morgan fingerprint density at radius 3 is 2.65 bits per heavy atom. The summed E-state index contributed by atoms with van der Waals surface area (Å²) in [5.74, 6) is -0.444. The van der Waals surface area contributed by atoms with Crippen LogP contribution in [0.15, 0.2) is 54.7 Å². The molecule has 1 N–H and O–H groups in total. The Balaban J connectivity index is 1.39. The number of carbonyl (C=O) groups is 1. The van der Waals surface area contributed by atoms with Gasteiger partial charge in [0.05, 0.1) is 20.6 Å². The lowest BCUT2D eigenvalue weighted by Gasteiger charge is -2.27. The van der Waals surface area contributed by atoms with Gasteiger partial charge >= 0.3 is 6.03 Å². The lowest BCUT2D eigenvalue weighted by molar-refractivity contribution is 0.240. The normalized spacial score (nSPS) is 13.9. The number of nitrogens with one attached hydrogen (secondary N) is 1. The summed E-state index contributed by atoms with van der Waals surface area (Å²) in [6, 6.07) is 11.5. The van der Waals surface area contributed by atoms with E-state index >= 15 is 0 Å². The molecule has 1 aliphatic rings. The van der Waals surface area contributed by atoms with Crippen molar-refractivity contribution in [1.29, 1.82) is 0 Å². The summed E-state index contributed by atoms with van der Waals surface area (Å²) in [6.07, 6.45) is 6.12. The third-order valence-electron chi connectivity index (χ3n) is 6.32. The molecule has 0 atom stereocenters. The van der Waals surface area contributed by atoms with Crippen LogP contribution in [-0.2, 0) is 19.5 Å². The third kappa shape index (κ3) is 5.64. The van der Waals surface area contributed by atoms with Gasteiger partial charge in [0, 0.05) is 49.9 Å². The van der Waals surface area contributed by atoms with Crippen LogP contribution in [0.25, 0.3) is 17.0 Å². The maximum Gasteiger partial charge on any atom is 0.326 e. The molecule has 0 spiro atoms. The second kappa shape index (κ2) is 11.0. The van der Waals surface area contributed by atoms with Crippen LogP contribution < -0.4 is 5.32 Å². The molecule has 0 radical (unpaired) electrons. The van der Waals surface area contributed by atoms with E-state index in [1.54, 1.807) is 41.1 Å². The molecule has 5 nitrogen and oxygen atoms in total. The molecular weight excluding hydrogens is 557 g/mol. The first kappa shape index (κ1) is 26.0. The molecule has 0 bridgehead atoms. The van der Waals surface area contributed by atoms with Gasteiger partial charge in [-0.15, -0.1) is 0 Å². The molecule has 190 valence electrons. The van der Waals surface area contributed by atoms with Gasteiger partial charge in [-0.05, 0) is 53.1 Å². The molecule has 10 heteroatoms. The van der Waals surface area contributed by atoms with E-state index in [4.69, 9.17) is 46.4 Å². The predicted octanol–water partition coefficient (Wildman–Crippen LogP) is 7.62. The Bertz CT molecular complexity index is 1530. The number of hydrogen-bond acceptors (Lipinski definition) is 3. The lowest BCUT2D eigenvalue weighted by Crippen LogP contribution is -2.34. The highest BCUT2D eigenvalue weighted by molar-refractivity contribution is 6.42. The fourth-order valence-electron chi connectivity index (χ4n) is 4.56. The number of fused-ring (bicyclic) bond motifs is 3. The Kier molecular flexibility index (Phi) is 7.75. The second-order valence-corrected chi connectivity index (χ2v) is 10.4. The van der Waals surface area contributed by atoms with Gasteiger partial charge in [-0.1, -0.05) is 64.6 Å². The lowest BCUT2D eigenvalue weighted by atomic mass is 10.0. The molecule has 0 aliphatic carbocycles. The van der Waals surface area contributed by atoms with Crippen LogP contribution in [0.4, 0.5) is 9.18 Å². The minimum absolute atomic E-state index is 0.101. The monoisotopic (exact) mass is 576 g/mol. The van der Waals surface area contributed by atoms with E-state index in [9.17, 15) is 9.18 Å². The molecule has 37 heavy (non-hydrogen) atoms. The van der Waals surface area contributed by atoms with Crippen molar-refractivity contribution in [2.75, 3.05) is 13.1 Å². The van der Waals surface area contributed by atoms with Gasteiger partial charge < -0.3 is 5.32 Å². The van der Waals surface area contributed by atoms with Crippen molar-refractivity contribution in [3.05, 3.63) is 103 Å². The number of hydrogen-bond donors (Lipinski definition) is 1. The standard InChI is InChI=1S/C27H21Cl4FN4O/c28-20-4-3-16(10-23(20)32)2-1-8-35-9-6-24-19(15-35)18-12-21(29)22(30)13-25(18)36(24)27(37)34-14-17-5-7-33-26(31)11-17/h1-5,7,10-13H,6,8-9,14-15H2,(H,34,37). The molecule has 0 saturated heterocycles. The van der Waals surface area contributed by atoms with Gasteiger partial charge in [0.1, 0.15) is 11.0 Å². The van der Waals surface area contributed by atoms with E-state index in [1.165, 1.54) is 6.07 Å². The molecule has 0 unspecified atom stereocenters. The van der Waals surface area contributed by atoms with Gasteiger partial charge in [0.2, 0.25) is 0 Å². The summed E-state index contributed by atoms with van der Waals surface area (Å²) in [4.78, 5) is 19.6. The Labute approximate surface area is 233 Å².